The lowest BCUT2D eigenvalue weighted by atomic mass is 9.92. The fourth-order valence-corrected chi connectivity index (χ4v) is 4.41. The minimum absolute atomic E-state index is 0.413. The molecule has 1 aliphatic carbocycles. The van der Waals surface area contributed by atoms with Crippen molar-refractivity contribution in [2.45, 2.75) is 25.3 Å². The summed E-state index contributed by atoms with van der Waals surface area (Å²) in [6.45, 7) is 9.61. The fraction of sp³-hybridized carbons (Fsp3) is 0.391. The zero-order valence-electron chi connectivity index (χ0n) is 15.0. The normalized spacial score (nSPS) is 19.0. The van der Waals surface area contributed by atoms with Crippen molar-refractivity contribution in [1.82, 2.24) is 9.80 Å². The molecule has 4 rings (SSSR count). The maximum absolute atomic E-state index is 3.86. The summed E-state index contributed by atoms with van der Waals surface area (Å²) in [5.41, 5.74) is 6.09. The van der Waals surface area contributed by atoms with Crippen LogP contribution in [0.4, 0.5) is 0 Å². The third kappa shape index (κ3) is 3.42. The van der Waals surface area contributed by atoms with Crippen LogP contribution in [0.3, 0.4) is 0 Å². The molecule has 0 saturated carbocycles. The molecule has 2 aliphatic rings. The molecule has 1 saturated heterocycles. The maximum atomic E-state index is 3.86. The van der Waals surface area contributed by atoms with Crippen LogP contribution >= 0.6 is 0 Å². The second kappa shape index (κ2) is 7.55. The van der Waals surface area contributed by atoms with Crippen molar-refractivity contribution in [1.29, 1.82) is 0 Å². The minimum Gasteiger partial charge on any atom is -0.300 e. The smallest absolute Gasteiger partial charge is 0.0608 e. The highest BCUT2D eigenvalue weighted by Crippen LogP contribution is 2.37. The lowest BCUT2D eigenvalue weighted by Crippen LogP contribution is -2.48. The van der Waals surface area contributed by atoms with Crippen LogP contribution in [0.5, 0.6) is 0 Å². The first kappa shape index (κ1) is 16.6. The average molecular weight is 332 g/mol. The van der Waals surface area contributed by atoms with Gasteiger partial charge in [0.1, 0.15) is 0 Å². The Morgan fingerprint density at radius 1 is 0.840 bits per heavy atom. The molecule has 0 unspecified atom stereocenters. The lowest BCUT2D eigenvalue weighted by Gasteiger charge is -2.40. The molecule has 0 radical (unpaired) electrons. The molecule has 0 spiro atoms. The van der Waals surface area contributed by atoms with Gasteiger partial charge in [-0.1, -0.05) is 54.6 Å². The van der Waals surface area contributed by atoms with E-state index in [-0.39, 0.29) is 0 Å². The summed E-state index contributed by atoms with van der Waals surface area (Å²) < 4.78 is 0. The van der Waals surface area contributed by atoms with E-state index in [9.17, 15) is 0 Å². The molecule has 1 aliphatic heterocycles. The summed E-state index contributed by atoms with van der Waals surface area (Å²) in [5.74, 6) is 0. The van der Waals surface area contributed by atoms with Gasteiger partial charge in [0.15, 0.2) is 0 Å². The van der Waals surface area contributed by atoms with Gasteiger partial charge < -0.3 is 4.90 Å². The largest absolute Gasteiger partial charge is 0.300 e. The van der Waals surface area contributed by atoms with E-state index in [1.54, 1.807) is 0 Å². The molecule has 2 heteroatoms. The predicted molar refractivity (Wildman–Crippen MR) is 105 cm³/mol. The summed E-state index contributed by atoms with van der Waals surface area (Å²) in [5, 5.41) is 0. The van der Waals surface area contributed by atoms with Gasteiger partial charge in [0.2, 0.25) is 0 Å². The van der Waals surface area contributed by atoms with E-state index in [2.05, 4.69) is 64.9 Å². The van der Waals surface area contributed by atoms with Crippen molar-refractivity contribution in [2.24, 2.45) is 0 Å². The zero-order chi connectivity index (χ0) is 17.1. The molecule has 0 amide bonds. The minimum atomic E-state index is 0.413. The van der Waals surface area contributed by atoms with Crippen LogP contribution in [0.1, 0.15) is 34.7 Å². The summed E-state index contributed by atoms with van der Waals surface area (Å²) in [6.07, 6.45) is 5.44. The quantitative estimate of drug-likeness (QED) is 0.779. The van der Waals surface area contributed by atoms with Crippen LogP contribution in [0.15, 0.2) is 61.2 Å². The Balaban J connectivity index is 1.63. The Labute approximate surface area is 151 Å². The highest BCUT2D eigenvalue weighted by molar-refractivity contribution is 5.44. The van der Waals surface area contributed by atoms with Crippen molar-refractivity contribution in [3.63, 3.8) is 0 Å². The van der Waals surface area contributed by atoms with Gasteiger partial charge in [0.05, 0.1) is 6.04 Å². The summed E-state index contributed by atoms with van der Waals surface area (Å²) in [4.78, 5) is 5.28. The first-order valence-electron chi connectivity index (χ1n) is 9.59. The molecule has 2 aromatic rings. The Morgan fingerprint density at radius 3 is 1.96 bits per heavy atom. The monoisotopic (exact) mass is 332 g/mol. The van der Waals surface area contributed by atoms with Gasteiger partial charge in [0, 0.05) is 32.7 Å². The van der Waals surface area contributed by atoms with Crippen molar-refractivity contribution in [2.75, 3.05) is 32.7 Å². The molecule has 0 aromatic heterocycles. The van der Waals surface area contributed by atoms with Crippen LogP contribution < -0.4 is 0 Å². The molecule has 1 heterocycles. The SMILES string of the molecule is C=CCCN1CCN(C2c3ccccc3CCc3ccccc32)CC1. The molecule has 130 valence electrons. The van der Waals surface area contributed by atoms with Crippen LogP contribution in [0.25, 0.3) is 0 Å². The molecule has 0 atom stereocenters. The molecule has 2 nitrogen and oxygen atoms in total. The summed E-state index contributed by atoms with van der Waals surface area (Å²) in [6, 6.07) is 18.6. The third-order valence-electron chi connectivity index (χ3n) is 5.78. The van der Waals surface area contributed by atoms with Crippen molar-refractivity contribution in [3.05, 3.63) is 83.4 Å². The van der Waals surface area contributed by atoms with E-state index in [0.717, 1.165) is 52.0 Å². The van der Waals surface area contributed by atoms with Gasteiger partial charge in [-0.2, -0.15) is 0 Å². The number of piperazine rings is 1. The second-order valence-corrected chi connectivity index (χ2v) is 7.26. The number of hydrogen-bond acceptors (Lipinski definition) is 2. The summed E-state index contributed by atoms with van der Waals surface area (Å²) >= 11 is 0. The molecule has 0 N–H and O–H groups in total. The van der Waals surface area contributed by atoms with Crippen LogP contribution in [0, 0.1) is 0 Å². The maximum Gasteiger partial charge on any atom is 0.0608 e. The van der Waals surface area contributed by atoms with Crippen molar-refractivity contribution in [3.8, 4) is 0 Å². The molecule has 1 fully saturated rings. The predicted octanol–water partition coefficient (Wildman–Crippen LogP) is 4.07. The Kier molecular flexibility index (Phi) is 5.00. The molecule has 25 heavy (non-hydrogen) atoms. The number of fused-ring (bicyclic) bond motifs is 2. The highest BCUT2D eigenvalue weighted by Gasteiger charge is 2.30. The van der Waals surface area contributed by atoms with E-state index in [4.69, 9.17) is 0 Å². The number of aryl methyl sites for hydroxylation is 2. The van der Waals surface area contributed by atoms with Crippen molar-refractivity contribution >= 4 is 0 Å². The van der Waals surface area contributed by atoms with Crippen LogP contribution in [-0.4, -0.2) is 42.5 Å². The molecular weight excluding hydrogens is 304 g/mol. The van der Waals surface area contributed by atoms with Crippen LogP contribution in [-0.2, 0) is 12.8 Å². The molecular formula is C23H28N2. The standard InChI is InChI=1S/C23H28N2/c1-2-3-14-24-15-17-25(18-16-24)23-21-10-6-4-8-19(21)12-13-20-9-5-7-11-22(20)23/h2,4-11,23H,1,3,12-18H2. The van der Waals surface area contributed by atoms with E-state index in [1.807, 2.05) is 6.08 Å². The number of hydrogen-bond donors (Lipinski definition) is 0. The zero-order valence-corrected chi connectivity index (χ0v) is 15.0. The average Bonchev–Trinajstić information content (AvgIpc) is 2.84. The topological polar surface area (TPSA) is 6.48 Å². The first-order valence-corrected chi connectivity index (χ1v) is 9.59. The van der Waals surface area contributed by atoms with Gasteiger partial charge in [-0.25, -0.2) is 0 Å². The van der Waals surface area contributed by atoms with Gasteiger partial charge >= 0.3 is 0 Å². The number of rotatable bonds is 4. The lowest BCUT2D eigenvalue weighted by molar-refractivity contribution is 0.110. The van der Waals surface area contributed by atoms with E-state index in [0.29, 0.717) is 6.04 Å². The van der Waals surface area contributed by atoms with E-state index < -0.39 is 0 Å². The van der Waals surface area contributed by atoms with Crippen LogP contribution in [0.2, 0.25) is 0 Å². The van der Waals surface area contributed by atoms with Gasteiger partial charge in [-0.15, -0.1) is 6.58 Å². The van der Waals surface area contributed by atoms with Gasteiger partial charge in [-0.05, 0) is 41.5 Å². The molecule has 0 bridgehead atoms. The highest BCUT2D eigenvalue weighted by atomic mass is 15.3. The Bertz CT molecular complexity index is 681. The molecule has 2 aromatic carbocycles. The van der Waals surface area contributed by atoms with E-state index >= 15 is 0 Å². The van der Waals surface area contributed by atoms with Gasteiger partial charge in [-0.3, -0.25) is 4.90 Å². The summed E-state index contributed by atoms with van der Waals surface area (Å²) in [7, 11) is 0. The fourth-order valence-electron chi connectivity index (χ4n) is 4.41. The van der Waals surface area contributed by atoms with E-state index in [1.165, 1.54) is 22.3 Å². The third-order valence-corrected chi connectivity index (χ3v) is 5.78. The Morgan fingerprint density at radius 2 is 1.40 bits per heavy atom. The van der Waals surface area contributed by atoms with Gasteiger partial charge in [0.25, 0.3) is 0 Å². The second-order valence-electron chi connectivity index (χ2n) is 7.26. The number of benzene rings is 2. The number of nitrogens with zero attached hydrogens (tertiary/aromatic N) is 2. The first-order chi connectivity index (χ1) is 12.4. The Hall–Kier alpha value is -1.90. The van der Waals surface area contributed by atoms with Crippen molar-refractivity contribution < 1.29 is 0 Å².